The standard InChI is InChI=1S/C19H19NO4/c1-12-14-10-9-13-6-2-3-7-15(13)18(14)24-17(12)19(23)20-11-5-4-8-16(21)22/h2-3,6-7,9-10H,4-5,8,11H2,1H3,(H,20,23)(H,21,22). The summed E-state index contributed by atoms with van der Waals surface area (Å²) in [4.78, 5) is 22.8. The number of hydrogen-bond acceptors (Lipinski definition) is 3. The second-order valence-electron chi connectivity index (χ2n) is 5.83. The van der Waals surface area contributed by atoms with E-state index in [1.54, 1.807) is 0 Å². The molecule has 0 unspecified atom stereocenters. The van der Waals surface area contributed by atoms with E-state index in [1.165, 1.54) is 0 Å². The van der Waals surface area contributed by atoms with Crippen molar-refractivity contribution in [3.8, 4) is 0 Å². The van der Waals surface area contributed by atoms with Crippen molar-refractivity contribution in [3.05, 3.63) is 47.7 Å². The van der Waals surface area contributed by atoms with Gasteiger partial charge in [0.15, 0.2) is 5.76 Å². The van der Waals surface area contributed by atoms with Crippen LogP contribution in [0.15, 0.2) is 40.8 Å². The minimum absolute atomic E-state index is 0.117. The number of amides is 1. The van der Waals surface area contributed by atoms with Crippen molar-refractivity contribution in [2.75, 3.05) is 6.54 Å². The van der Waals surface area contributed by atoms with Gasteiger partial charge in [-0.25, -0.2) is 0 Å². The molecule has 5 nitrogen and oxygen atoms in total. The number of furan rings is 1. The zero-order chi connectivity index (χ0) is 17.1. The number of rotatable bonds is 6. The lowest BCUT2D eigenvalue weighted by atomic mass is 10.1. The van der Waals surface area contributed by atoms with E-state index in [1.807, 2.05) is 43.3 Å². The maximum absolute atomic E-state index is 12.3. The third-order valence-electron chi connectivity index (χ3n) is 4.14. The highest BCUT2D eigenvalue weighted by atomic mass is 16.4. The van der Waals surface area contributed by atoms with Crippen LogP contribution in [0.25, 0.3) is 21.7 Å². The van der Waals surface area contributed by atoms with Crippen LogP contribution >= 0.6 is 0 Å². The molecule has 0 aliphatic heterocycles. The Morgan fingerprint density at radius 2 is 1.88 bits per heavy atom. The van der Waals surface area contributed by atoms with Crippen molar-refractivity contribution < 1.29 is 19.1 Å². The van der Waals surface area contributed by atoms with Crippen LogP contribution in [-0.4, -0.2) is 23.5 Å². The van der Waals surface area contributed by atoms with Crippen molar-refractivity contribution in [2.45, 2.75) is 26.2 Å². The van der Waals surface area contributed by atoms with Crippen LogP contribution in [0.5, 0.6) is 0 Å². The first kappa shape index (κ1) is 16.1. The molecule has 124 valence electrons. The number of nitrogens with one attached hydrogen (secondary N) is 1. The molecule has 24 heavy (non-hydrogen) atoms. The Labute approximate surface area is 139 Å². The molecule has 0 saturated carbocycles. The Hall–Kier alpha value is -2.82. The number of aliphatic carboxylic acids is 1. The molecule has 0 radical (unpaired) electrons. The Bertz CT molecular complexity index is 910. The van der Waals surface area contributed by atoms with Gasteiger partial charge in [0.1, 0.15) is 5.58 Å². The van der Waals surface area contributed by atoms with Gasteiger partial charge in [-0.3, -0.25) is 9.59 Å². The van der Waals surface area contributed by atoms with E-state index in [-0.39, 0.29) is 12.3 Å². The Balaban J connectivity index is 1.79. The lowest BCUT2D eigenvalue weighted by Crippen LogP contribution is -2.24. The molecule has 1 heterocycles. The minimum atomic E-state index is -0.818. The van der Waals surface area contributed by atoms with E-state index < -0.39 is 5.97 Å². The third kappa shape index (κ3) is 3.11. The quantitative estimate of drug-likeness (QED) is 0.674. The highest BCUT2D eigenvalue weighted by Crippen LogP contribution is 2.31. The fraction of sp³-hybridized carbons (Fsp3) is 0.263. The van der Waals surface area contributed by atoms with E-state index >= 15 is 0 Å². The molecule has 0 atom stereocenters. The molecule has 1 amide bonds. The predicted octanol–water partition coefficient (Wildman–Crippen LogP) is 3.88. The molecule has 2 aromatic carbocycles. The van der Waals surface area contributed by atoms with Crippen LogP contribution in [-0.2, 0) is 4.79 Å². The molecule has 0 fully saturated rings. The van der Waals surface area contributed by atoms with Gasteiger partial charge >= 0.3 is 5.97 Å². The summed E-state index contributed by atoms with van der Waals surface area (Å²) in [6.45, 7) is 2.31. The van der Waals surface area contributed by atoms with Gasteiger partial charge in [0, 0.05) is 29.3 Å². The van der Waals surface area contributed by atoms with Gasteiger partial charge in [0.2, 0.25) is 0 Å². The van der Waals surface area contributed by atoms with E-state index in [2.05, 4.69) is 5.32 Å². The second kappa shape index (κ2) is 6.74. The van der Waals surface area contributed by atoms with Crippen LogP contribution in [0.1, 0.15) is 35.4 Å². The smallest absolute Gasteiger partial charge is 0.303 e. The number of fused-ring (bicyclic) bond motifs is 3. The molecule has 5 heteroatoms. The summed E-state index contributed by atoms with van der Waals surface area (Å²) >= 11 is 0. The lowest BCUT2D eigenvalue weighted by molar-refractivity contribution is -0.137. The van der Waals surface area contributed by atoms with Crippen LogP contribution in [0.2, 0.25) is 0 Å². The number of carbonyl (C=O) groups is 2. The Morgan fingerprint density at radius 3 is 2.67 bits per heavy atom. The van der Waals surface area contributed by atoms with Crippen molar-refractivity contribution >= 4 is 33.6 Å². The highest BCUT2D eigenvalue weighted by molar-refractivity contribution is 6.08. The highest BCUT2D eigenvalue weighted by Gasteiger charge is 2.18. The summed E-state index contributed by atoms with van der Waals surface area (Å²) in [6, 6.07) is 11.9. The van der Waals surface area contributed by atoms with Gasteiger partial charge in [-0.05, 0) is 25.2 Å². The summed E-state index contributed by atoms with van der Waals surface area (Å²) in [7, 11) is 0. The van der Waals surface area contributed by atoms with Gasteiger partial charge < -0.3 is 14.8 Å². The molecule has 0 saturated heterocycles. The molecule has 0 aliphatic rings. The number of hydrogen-bond donors (Lipinski definition) is 2. The first-order valence-electron chi connectivity index (χ1n) is 7.99. The zero-order valence-corrected chi connectivity index (χ0v) is 13.5. The SMILES string of the molecule is Cc1c(C(=O)NCCCCC(=O)O)oc2c1ccc1ccccc12. The third-order valence-corrected chi connectivity index (χ3v) is 4.14. The zero-order valence-electron chi connectivity index (χ0n) is 13.5. The second-order valence-corrected chi connectivity index (χ2v) is 5.83. The van der Waals surface area contributed by atoms with Crippen molar-refractivity contribution in [1.82, 2.24) is 5.32 Å². The van der Waals surface area contributed by atoms with Gasteiger partial charge in [0.05, 0.1) is 0 Å². The van der Waals surface area contributed by atoms with E-state index in [9.17, 15) is 9.59 Å². The minimum Gasteiger partial charge on any atom is -0.481 e. The maximum Gasteiger partial charge on any atom is 0.303 e. The molecule has 0 bridgehead atoms. The number of benzene rings is 2. The van der Waals surface area contributed by atoms with Crippen molar-refractivity contribution in [3.63, 3.8) is 0 Å². The first-order valence-corrected chi connectivity index (χ1v) is 7.99. The monoisotopic (exact) mass is 325 g/mol. The number of carboxylic acid groups (broad SMARTS) is 1. The van der Waals surface area contributed by atoms with Crippen molar-refractivity contribution in [2.24, 2.45) is 0 Å². The molecule has 2 N–H and O–H groups in total. The lowest BCUT2D eigenvalue weighted by Gasteiger charge is -2.02. The van der Waals surface area contributed by atoms with Crippen LogP contribution < -0.4 is 5.32 Å². The normalized spacial score (nSPS) is 11.0. The topological polar surface area (TPSA) is 79.5 Å². The molecule has 0 aliphatic carbocycles. The summed E-state index contributed by atoms with van der Waals surface area (Å²) in [5.41, 5.74) is 1.54. The molecule has 3 rings (SSSR count). The maximum atomic E-state index is 12.3. The number of carboxylic acids is 1. The number of aryl methyl sites for hydroxylation is 1. The fourth-order valence-electron chi connectivity index (χ4n) is 2.85. The predicted molar refractivity (Wildman–Crippen MR) is 92.3 cm³/mol. The largest absolute Gasteiger partial charge is 0.481 e. The van der Waals surface area contributed by atoms with E-state index in [0.29, 0.717) is 25.1 Å². The average Bonchev–Trinajstić information content (AvgIpc) is 2.91. The Morgan fingerprint density at radius 1 is 1.08 bits per heavy atom. The molecule has 1 aromatic heterocycles. The van der Waals surface area contributed by atoms with Crippen LogP contribution in [0, 0.1) is 6.92 Å². The molecular formula is C19H19NO4. The van der Waals surface area contributed by atoms with Crippen LogP contribution in [0.3, 0.4) is 0 Å². The van der Waals surface area contributed by atoms with Gasteiger partial charge in [0.25, 0.3) is 5.91 Å². The average molecular weight is 325 g/mol. The fourth-order valence-corrected chi connectivity index (χ4v) is 2.85. The number of unbranched alkanes of at least 4 members (excludes halogenated alkanes) is 1. The van der Waals surface area contributed by atoms with E-state index in [4.69, 9.17) is 9.52 Å². The summed E-state index contributed by atoms with van der Waals surface area (Å²) in [5.74, 6) is -0.760. The van der Waals surface area contributed by atoms with Gasteiger partial charge in [-0.2, -0.15) is 0 Å². The van der Waals surface area contributed by atoms with Crippen molar-refractivity contribution in [1.29, 1.82) is 0 Å². The molecule has 0 spiro atoms. The van der Waals surface area contributed by atoms with Gasteiger partial charge in [-0.1, -0.05) is 36.4 Å². The molecule has 3 aromatic rings. The van der Waals surface area contributed by atoms with Gasteiger partial charge in [-0.15, -0.1) is 0 Å². The number of carbonyl (C=O) groups excluding carboxylic acids is 1. The van der Waals surface area contributed by atoms with E-state index in [0.717, 1.165) is 27.3 Å². The summed E-state index contributed by atoms with van der Waals surface area (Å²) in [5, 5.41) is 14.4. The molecular weight excluding hydrogens is 306 g/mol. The summed E-state index contributed by atoms with van der Waals surface area (Å²) < 4.78 is 5.86. The Kier molecular flexibility index (Phi) is 4.51. The van der Waals surface area contributed by atoms with Crippen LogP contribution in [0.4, 0.5) is 0 Å². The first-order chi connectivity index (χ1) is 11.6. The summed E-state index contributed by atoms with van der Waals surface area (Å²) in [6.07, 6.45) is 1.28.